The summed E-state index contributed by atoms with van der Waals surface area (Å²) >= 11 is 0. The fourth-order valence-corrected chi connectivity index (χ4v) is 3.10. The van der Waals surface area contributed by atoms with Gasteiger partial charge in [0.15, 0.2) is 0 Å². The van der Waals surface area contributed by atoms with E-state index < -0.39 is 11.7 Å². The number of rotatable bonds is 3. The van der Waals surface area contributed by atoms with Crippen LogP contribution in [0, 0.1) is 5.92 Å². The standard InChI is InChI=1S/C19H26N2O4/c1-19(2,3)25-18(22)20-15-5-4-6-16(13-15)21-9-7-14(8-10-21)17-23-11-12-24-17/h4-6,11-14,17H,7-10H2,1-3H3,(H,20,22). The zero-order chi connectivity index (χ0) is 17.9. The van der Waals surface area contributed by atoms with Crippen molar-refractivity contribution in [3.05, 3.63) is 36.8 Å². The lowest BCUT2D eigenvalue weighted by Gasteiger charge is -2.35. The van der Waals surface area contributed by atoms with Gasteiger partial charge in [0.25, 0.3) is 0 Å². The molecule has 2 aliphatic rings. The number of piperidine rings is 1. The van der Waals surface area contributed by atoms with E-state index in [2.05, 4.69) is 16.3 Å². The summed E-state index contributed by atoms with van der Waals surface area (Å²) in [7, 11) is 0. The maximum Gasteiger partial charge on any atom is 0.412 e. The van der Waals surface area contributed by atoms with Crippen LogP contribution in [0.1, 0.15) is 33.6 Å². The topological polar surface area (TPSA) is 60.0 Å². The van der Waals surface area contributed by atoms with Crippen molar-refractivity contribution in [1.29, 1.82) is 0 Å². The van der Waals surface area contributed by atoms with Crippen LogP contribution in [0.25, 0.3) is 0 Å². The summed E-state index contributed by atoms with van der Waals surface area (Å²) in [6.07, 6.45) is 4.67. The van der Waals surface area contributed by atoms with E-state index in [0.29, 0.717) is 5.92 Å². The highest BCUT2D eigenvalue weighted by Gasteiger charge is 2.30. The van der Waals surface area contributed by atoms with Gasteiger partial charge in [0, 0.05) is 30.4 Å². The van der Waals surface area contributed by atoms with E-state index in [1.165, 1.54) is 0 Å². The molecule has 0 unspecified atom stereocenters. The predicted octanol–water partition coefficient (Wildman–Crippen LogP) is 4.09. The molecule has 6 nitrogen and oxygen atoms in total. The molecular weight excluding hydrogens is 320 g/mol. The van der Waals surface area contributed by atoms with Crippen LogP contribution < -0.4 is 10.2 Å². The van der Waals surface area contributed by atoms with Gasteiger partial charge < -0.3 is 19.1 Å². The average Bonchev–Trinajstić information content (AvgIpc) is 3.08. The maximum absolute atomic E-state index is 11.9. The molecule has 0 radical (unpaired) electrons. The summed E-state index contributed by atoms with van der Waals surface area (Å²) in [4.78, 5) is 14.2. The molecule has 2 aliphatic heterocycles. The van der Waals surface area contributed by atoms with Gasteiger partial charge in [-0.2, -0.15) is 0 Å². The van der Waals surface area contributed by atoms with Gasteiger partial charge in [-0.3, -0.25) is 5.32 Å². The zero-order valence-corrected chi connectivity index (χ0v) is 15.0. The number of ether oxygens (including phenoxy) is 3. The first kappa shape index (κ1) is 17.5. The van der Waals surface area contributed by atoms with Crippen molar-refractivity contribution in [2.75, 3.05) is 23.3 Å². The number of carbonyl (C=O) groups excluding carboxylic acids is 1. The Bertz CT molecular complexity index is 623. The minimum atomic E-state index is -0.511. The molecule has 0 saturated carbocycles. The molecule has 1 aromatic carbocycles. The third kappa shape index (κ3) is 4.81. The molecule has 0 spiro atoms. The quantitative estimate of drug-likeness (QED) is 0.893. The zero-order valence-electron chi connectivity index (χ0n) is 15.0. The Hall–Kier alpha value is -2.37. The van der Waals surface area contributed by atoms with E-state index in [0.717, 1.165) is 37.3 Å². The molecule has 1 amide bonds. The summed E-state index contributed by atoms with van der Waals surface area (Å²) in [6, 6.07) is 7.85. The Morgan fingerprint density at radius 3 is 2.52 bits per heavy atom. The lowest BCUT2D eigenvalue weighted by Crippen LogP contribution is -2.38. The van der Waals surface area contributed by atoms with E-state index in [1.807, 2.05) is 39.0 Å². The fourth-order valence-electron chi connectivity index (χ4n) is 3.10. The van der Waals surface area contributed by atoms with Gasteiger partial charge in [-0.1, -0.05) is 6.07 Å². The highest BCUT2D eigenvalue weighted by Crippen LogP contribution is 2.30. The third-order valence-electron chi connectivity index (χ3n) is 4.26. The van der Waals surface area contributed by atoms with Crippen molar-refractivity contribution in [2.24, 2.45) is 5.92 Å². The van der Waals surface area contributed by atoms with Crippen molar-refractivity contribution in [2.45, 2.75) is 45.5 Å². The average molecular weight is 346 g/mol. The lowest BCUT2D eigenvalue weighted by molar-refractivity contribution is -0.0728. The Labute approximate surface area is 148 Å². The molecule has 6 heteroatoms. The normalized spacial score (nSPS) is 18.6. The minimum Gasteiger partial charge on any atom is -0.459 e. The van der Waals surface area contributed by atoms with Crippen LogP contribution in [0.4, 0.5) is 16.2 Å². The Balaban J connectivity index is 1.56. The van der Waals surface area contributed by atoms with Gasteiger partial charge in [-0.05, 0) is 51.8 Å². The first-order valence-corrected chi connectivity index (χ1v) is 8.72. The van der Waals surface area contributed by atoms with E-state index >= 15 is 0 Å². The van der Waals surface area contributed by atoms with Crippen LogP contribution in [0.15, 0.2) is 36.8 Å². The molecule has 0 aromatic heterocycles. The van der Waals surface area contributed by atoms with Crippen LogP contribution in [0.2, 0.25) is 0 Å². The van der Waals surface area contributed by atoms with Crippen molar-refractivity contribution in [3.63, 3.8) is 0 Å². The predicted molar refractivity (Wildman–Crippen MR) is 96.3 cm³/mol. The molecule has 1 saturated heterocycles. The van der Waals surface area contributed by atoms with Crippen LogP contribution in [0.5, 0.6) is 0 Å². The molecule has 25 heavy (non-hydrogen) atoms. The Kier molecular flexibility index (Phi) is 5.06. The molecular formula is C19H26N2O4. The third-order valence-corrected chi connectivity index (χ3v) is 4.26. The molecule has 1 N–H and O–H groups in total. The molecule has 0 bridgehead atoms. The molecule has 2 heterocycles. The van der Waals surface area contributed by atoms with Gasteiger partial charge in [-0.15, -0.1) is 0 Å². The van der Waals surface area contributed by atoms with Gasteiger partial charge >= 0.3 is 6.09 Å². The van der Waals surface area contributed by atoms with Gasteiger partial charge in [0.2, 0.25) is 6.29 Å². The number of amides is 1. The largest absolute Gasteiger partial charge is 0.459 e. The molecule has 0 atom stereocenters. The second kappa shape index (κ2) is 7.25. The SMILES string of the molecule is CC(C)(C)OC(=O)Nc1cccc(N2CCC(C3OC=CO3)CC2)c1. The van der Waals surface area contributed by atoms with Crippen LogP contribution in [0.3, 0.4) is 0 Å². The van der Waals surface area contributed by atoms with Crippen molar-refractivity contribution in [1.82, 2.24) is 0 Å². The molecule has 1 aromatic rings. The summed E-state index contributed by atoms with van der Waals surface area (Å²) in [5, 5.41) is 2.80. The number of benzene rings is 1. The molecule has 0 aliphatic carbocycles. The number of nitrogens with one attached hydrogen (secondary N) is 1. The van der Waals surface area contributed by atoms with Crippen molar-refractivity contribution >= 4 is 17.5 Å². The van der Waals surface area contributed by atoms with Gasteiger partial charge in [-0.25, -0.2) is 4.79 Å². The summed E-state index contributed by atoms with van der Waals surface area (Å²) in [5.74, 6) is 0.411. The second-order valence-electron chi connectivity index (χ2n) is 7.41. The highest BCUT2D eigenvalue weighted by atomic mass is 16.7. The second-order valence-corrected chi connectivity index (χ2v) is 7.41. The van der Waals surface area contributed by atoms with Crippen LogP contribution in [-0.4, -0.2) is 31.1 Å². The van der Waals surface area contributed by atoms with Gasteiger partial charge in [0.05, 0.1) is 0 Å². The number of anilines is 2. The summed E-state index contributed by atoms with van der Waals surface area (Å²) in [6.45, 7) is 7.41. The molecule has 136 valence electrons. The first-order valence-electron chi connectivity index (χ1n) is 8.72. The van der Waals surface area contributed by atoms with Crippen molar-refractivity contribution in [3.8, 4) is 0 Å². The first-order chi connectivity index (χ1) is 11.9. The number of carbonyl (C=O) groups is 1. The number of hydrogen-bond donors (Lipinski definition) is 1. The van der Waals surface area contributed by atoms with Crippen LogP contribution >= 0.6 is 0 Å². The highest BCUT2D eigenvalue weighted by molar-refractivity contribution is 5.85. The van der Waals surface area contributed by atoms with E-state index in [1.54, 1.807) is 12.5 Å². The molecule has 1 fully saturated rings. The smallest absolute Gasteiger partial charge is 0.412 e. The maximum atomic E-state index is 11.9. The number of hydrogen-bond acceptors (Lipinski definition) is 5. The van der Waals surface area contributed by atoms with E-state index in [-0.39, 0.29) is 6.29 Å². The van der Waals surface area contributed by atoms with Gasteiger partial charge in [0.1, 0.15) is 18.1 Å². The lowest BCUT2D eigenvalue weighted by atomic mass is 9.95. The van der Waals surface area contributed by atoms with E-state index in [4.69, 9.17) is 14.2 Å². The van der Waals surface area contributed by atoms with Crippen LogP contribution in [-0.2, 0) is 14.2 Å². The fraction of sp³-hybridized carbons (Fsp3) is 0.526. The monoisotopic (exact) mass is 346 g/mol. The Morgan fingerprint density at radius 2 is 1.88 bits per heavy atom. The van der Waals surface area contributed by atoms with Crippen molar-refractivity contribution < 1.29 is 19.0 Å². The summed E-state index contributed by atoms with van der Waals surface area (Å²) in [5.41, 5.74) is 1.32. The minimum absolute atomic E-state index is 0.137. The number of nitrogens with zero attached hydrogens (tertiary/aromatic N) is 1. The Morgan fingerprint density at radius 1 is 1.20 bits per heavy atom. The summed E-state index contributed by atoms with van der Waals surface area (Å²) < 4.78 is 16.2. The van der Waals surface area contributed by atoms with E-state index in [9.17, 15) is 4.79 Å². The molecule has 3 rings (SSSR count).